The minimum atomic E-state index is -1.12. The molecule has 1 atom stereocenters. The molecule has 0 heterocycles. The first kappa shape index (κ1) is 25.0. The lowest BCUT2D eigenvalue weighted by atomic mass is 9.68. The Balaban J connectivity index is 1.98. The number of unbranched alkanes of at least 4 members (excludes halogenated alkanes) is 4. The van der Waals surface area contributed by atoms with Crippen molar-refractivity contribution in [1.29, 1.82) is 0 Å². The van der Waals surface area contributed by atoms with Crippen LogP contribution in [-0.4, -0.2) is 17.9 Å². The van der Waals surface area contributed by atoms with Crippen molar-refractivity contribution < 1.29 is 9.59 Å². The van der Waals surface area contributed by atoms with Gasteiger partial charge in [0.15, 0.2) is 0 Å². The Bertz CT molecular complexity index is 952. The van der Waals surface area contributed by atoms with Gasteiger partial charge in [-0.1, -0.05) is 116 Å². The van der Waals surface area contributed by atoms with Gasteiger partial charge in [-0.05, 0) is 36.0 Å². The van der Waals surface area contributed by atoms with E-state index in [9.17, 15) is 9.59 Å². The molecule has 4 heteroatoms. The Morgan fingerprint density at radius 2 is 1.21 bits per heavy atom. The number of hydrogen-bond acceptors (Lipinski definition) is 2. The zero-order valence-corrected chi connectivity index (χ0v) is 19.7. The average Bonchev–Trinajstić information content (AvgIpc) is 2.88. The number of hydrogen-bond donors (Lipinski definition) is 2. The van der Waals surface area contributed by atoms with Crippen molar-refractivity contribution in [1.82, 2.24) is 5.32 Å². The van der Waals surface area contributed by atoms with E-state index < -0.39 is 17.4 Å². The van der Waals surface area contributed by atoms with Gasteiger partial charge in [0.25, 0.3) is 0 Å². The molecule has 2 amide bonds. The van der Waals surface area contributed by atoms with Crippen molar-refractivity contribution >= 4 is 11.8 Å². The van der Waals surface area contributed by atoms with E-state index in [-0.39, 0.29) is 5.91 Å². The summed E-state index contributed by atoms with van der Waals surface area (Å²) in [4.78, 5) is 26.6. The number of carbonyl (C=O) groups excluding carboxylic acids is 2. The fourth-order valence-electron chi connectivity index (χ4n) is 4.50. The standard InChI is InChI=1S/C30H34N2O2/c1-2-3-4-5-6-16-23-27(28(31)33)32-29(34)30(24-17-10-7-11-18-24,25-19-12-8-13-20-25)26-21-14-9-15-22-26/h2,7-15,17-22,27H,1,3-6,16,23H2,(H2,31,33)(H,32,34)/t27-/m1/s1. The van der Waals surface area contributed by atoms with Crippen LogP contribution in [0.5, 0.6) is 0 Å². The molecule has 0 radical (unpaired) electrons. The van der Waals surface area contributed by atoms with Crippen LogP contribution in [0.1, 0.15) is 55.2 Å². The molecule has 0 aliphatic carbocycles. The highest BCUT2D eigenvalue weighted by molar-refractivity contribution is 5.98. The summed E-state index contributed by atoms with van der Waals surface area (Å²) >= 11 is 0. The molecule has 3 N–H and O–H groups in total. The van der Waals surface area contributed by atoms with Gasteiger partial charge in [-0.3, -0.25) is 9.59 Å². The quantitative estimate of drug-likeness (QED) is 0.203. The summed E-state index contributed by atoms with van der Waals surface area (Å²) in [6.45, 7) is 3.75. The van der Waals surface area contributed by atoms with Crippen molar-refractivity contribution in [2.45, 2.75) is 50.0 Å². The number of allylic oxidation sites excluding steroid dienone is 1. The molecule has 3 aromatic rings. The second-order valence-corrected chi connectivity index (χ2v) is 8.56. The molecule has 0 saturated carbocycles. The first-order valence-electron chi connectivity index (χ1n) is 12.0. The molecule has 0 aliphatic rings. The number of carbonyl (C=O) groups is 2. The molecule has 4 nitrogen and oxygen atoms in total. The van der Waals surface area contributed by atoms with Crippen LogP contribution in [0.4, 0.5) is 0 Å². The number of nitrogens with two attached hydrogens (primary N) is 1. The third-order valence-corrected chi connectivity index (χ3v) is 6.26. The van der Waals surface area contributed by atoms with Crippen LogP contribution in [0.3, 0.4) is 0 Å². The maximum absolute atomic E-state index is 14.2. The number of amides is 2. The van der Waals surface area contributed by atoms with E-state index in [1.165, 1.54) is 0 Å². The predicted molar refractivity (Wildman–Crippen MR) is 138 cm³/mol. The van der Waals surface area contributed by atoms with Gasteiger partial charge in [0.05, 0.1) is 0 Å². The van der Waals surface area contributed by atoms with Crippen molar-refractivity contribution in [2.24, 2.45) is 5.73 Å². The topological polar surface area (TPSA) is 72.2 Å². The highest BCUT2D eigenvalue weighted by Gasteiger charge is 2.44. The molecule has 34 heavy (non-hydrogen) atoms. The summed E-state index contributed by atoms with van der Waals surface area (Å²) in [5, 5.41) is 3.03. The summed E-state index contributed by atoms with van der Waals surface area (Å²) in [5.41, 5.74) is 7.11. The van der Waals surface area contributed by atoms with Crippen LogP contribution in [0, 0.1) is 0 Å². The average molecular weight is 455 g/mol. The molecule has 3 aromatic carbocycles. The first-order valence-corrected chi connectivity index (χ1v) is 12.0. The highest BCUT2D eigenvalue weighted by atomic mass is 16.2. The Labute approximate surface area is 202 Å². The first-order chi connectivity index (χ1) is 16.6. The van der Waals surface area contributed by atoms with E-state index in [0.29, 0.717) is 6.42 Å². The third-order valence-electron chi connectivity index (χ3n) is 6.26. The molecule has 0 spiro atoms. The van der Waals surface area contributed by atoms with Gasteiger partial charge in [-0.2, -0.15) is 0 Å². The Morgan fingerprint density at radius 1 is 0.765 bits per heavy atom. The Morgan fingerprint density at radius 3 is 1.62 bits per heavy atom. The van der Waals surface area contributed by atoms with Gasteiger partial charge in [0, 0.05) is 0 Å². The maximum Gasteiger partial charge on any atom is 0.240 e. The fraction of sp³-hybridized carbons (Fsp3) is 0.267. The lowest BCUT2D eigenvalue weighted by Crippen LogP contribution is -2.53. The van der Waals surface area contributed by atoms with Gasteiger partial charge >= 0.3 is 0 Å². The molecular weight excluding hydrogens is 420 g/mol. The molecule has 176 valence electrons. The highest BCUT2D eigenvalue weighted by Crippen LogP contribution is 2.39. The third kappa shape index (κ3) is 5.82. The number of primary amides is 1. The SMILES string of the molecule is C=CCCCCCC[C@@H](NC(=O)C(c1ccccc1)(c1ccccc1)c1ccccc1)C(N)=O. The van der Waals surface area contributed by atoms with Crippen molar-refractivity contribution in [3.8, 4) is 0 Å². The second-order valence-electron chi connectivity index (χ2n) is 8.56. The molecule has 0 saturated heterocycles. The van der Waals surface area contributed by atoms with Gasteiger partial charge in [-0.25, -0.2) is 0 Å². The van der Waals surface area contributed by atoms with Gasteiger partial charge in [0.1, 0.15) is 11.5 Å². The van der Waals surface area contributed by atoms with Crippen LogP contribution in [0.2, 0.25) is 0 Å². The lowest BCUT2D eigenvalue weighted by Gasteiger charge is -2.35. The second kappa shape index (κ2) is 12.5. The van der Waals surface area contributed by atoms with E-state index in [4.69, 9.17) is 5.73 Å². The fourth-order valence-corrected chi connectivity index (χ4v) is 4.50. The Kier molecular flexibility index (Phi) is 9.21. The molecule has 0 aliphatic heterocycles. The number of rotatable bonds is 13. The van der Waals surface area contributed by atoms with E-state index >= 15 is 0 Å². The smallest absolute Gasteiger partial charge is 0.240 e. The van der Waals surface area contributed by atoms with Crippen molar-refractivity contribution in [3.05, 3.63) is 120 Å². The monoisotopic (exact) mass is 454 g/mol. The van der Waals surface area contributed by atoms with Crippen LogP contribution < -0.4 is 11.1 Å². The van der Waals surface area contributed by atoms with Gasteiger partial charge < -0.3 is 11.1 Å². The molecule has 0 aromatic heterocycles. The van der Waals surface area contributed by atoms with Crippen molar-refractivity contribution in [2.75, 3.05) is 0 Å². The van der Waals surface area contributed by atoms with E-state index in [1.54, 1.807) is 0 Å². The zero-order valence-electron chi connectivity index (χ0n) is 19.7. The summed E-state index contributed by atoms with van der Waals surface area (Å²) < 4.78 is 0. The Hall–Kier alpha value is -3.66. The molecular formula is C30H34N2O2. The van der Waals surface area contributed by atoms with Crippen LogP contribution in [-0.2, 0) is 15.0 Å². The minimum Gasteiger partial charge on any atom is -0.368 e. The normalized spacial score (nSPS) is 12.0. The van der Waals surface area contributed by atoms with Crippen LogP contribution in [0.25, 0.3) is 0 Å². The molecule has 0 unspecified atom stereocenters. The van der Waals surface area contributed by atoms with Gasteiger partial charge in [-0.15, -0.1) is 6.58 Å². The predicted octanol–water partition coefficient (Wildman–Crippen LogP) is 5.52. The molecule has 0 fully saturated rings. The van der Waals surface area contributed by atoms with Crippen LogP contribution in [0.15, 0.2) is 104 Å². The van der Waals surface area contributed by atoms with E-state index in [0.717, 1.165) is 48.8 Å². The number of nitrogens with one attached hydrogen (secondary N) is 1. The van der Waals surface area contributed by atoms with Crippen LogP contribution >= 0.6 is 0 Å². The minimum absolute atomic E-state index is 0.258. The summed E-state index contributed by atoms with van der Waals surface area (Å²) in [7, 11) is 0. The zero-order chi connectivity index (χ0) is 24.2. The summed E-state index contributed by atoms with van der Waals surface area (Å²) in [6, 6.07) is 28.4. The summed E-state index contributed by atoms with van der Waals surface area (Å²) in [6.07, 6.45) is 7.37. The van der Waals surface area contributed by atoms with Gasteiger partial charge in [0.2, 0.25) is 11.8 Å². The van der Waals surface area contributed by atoms with E-state index in [2.05, 4.69) is 11.9 Å². The van der Waals surface area contributed by atoms with E-state index in [1.807, 2.05) is 97.1 Å². The lowest BCUT2D eigenvalue weighted by molar-refractivity contribution is -0.129. The summed E-state index contributed by atoms with van der Waals surface area (Å²) in [5.74, 6) is -0.769. The van der Waals surface area contributed by atoms with Crippen molar-refractivity contribution in [3.63, 3.8) is 0 Å². The largest absolute Gasteiger partial charge is 0.368 e. The number of benzene rings is 3. The molecule has 0 bridgehead atoms. The molecule has 3 rings (SSSR count). The maximum atomic E-state index is 14.2.